The lowest BCUT2D eigenvalue weighted by molar-refractivity contribution is -0.133. The SMILES string of the molecule is C[C@H](NS(=O)(=O)c1ccccc1)C(=O)N1CCC(c2c[nH]c3ccccc23)CC1. The highest BCUT2D eigenvalue weighted by atomic mass is 32.2. The Balaban J connectivity index is 1.38. The van der Waals surface area contributed by atoms with Gasteiger partial charge in [0.25, 0.3) is 0 Å². The molecule has 6 nitrogen and oxygen atoms in total. The minimum absolute atomic E-state index is 0.165. The Labute approximate surface area is 171 Å². The molecule has 7 heteroatoms. The summed E-state index contributed by atoms with van der Waals surface area (Å²) in [5.41, 5.74) is 2.43. The number of nitrogens with zero attached hydrogens (tertiary/aromatic N) is 1. The summed E-state index contributed by atoms with van der Waals surface area (Å²) in [7, 11) is -3.72. The number of sulfonamides is 1. The van der Waals surface area contributed by atoms with Crippen LogP contribution >= 0.6 is 0 Å². The molecule has 0 bridgehead atoms. The molecule has 152 valence electrons. The van der Waals surface area contributed by atoms with Gasteiger partial charge < -0.3 is 9.88 Å². The third-order valence-electron chi connectivity index (χ3n) is 5.62. The van der Waals surface area contributed by atoms with Crippen molar-refractivity contribution in [3.63, 3.8) is 0 Å². The average Bonchev–Trinajstić information content (AvgIpc) is 3.18. The van der Waals surface area contributed by atoms with Gasteiger partial charge in [0.15, 0.2) is 0 Å². The van der Waals surface area contributed by atoms with Gasteiger partial charge in [-0.05, 0) is 49.4 Å². The maximum Gasteiger partial charge on any atom is 0.241 e. The van der Waals surface area contributed by atoms with Gasteiger partial charge in [-0.15, -0.1) is 0 Å². The third kappa shape index (κ3) is 4.06. The summed E-state index contributed by atoms with van der Waals surface area (Å²) in [6.07, 6.45) is 3.81. The maximum absolute atomic E-state index is 12.8. The van der Waals surface area contributed by atoms with Crippen LogP contribution < -0.4 is 4.72 Å². The summed E-state index contributed by atoms with van der Waals surface area (Å²) in [6, 6.07) is 15.6. The van der Waals surface area contributed by atoms with E-state index in [1.54, 1.807) is 30.0 Å². The Hall–Kier alpha value is -2.64. The molecule has 2 heterocycles. The van der Waals surface area contributed by atoms with E-state index >= 15 is 0 Å². The van der Waals surface area contributed by atoms with Crippen LogP contribution in [0.15, 0.2) is 65.7 Å². The predicted octanol–water partition coefficient (Wildman–Crippen LogP) is 3.24. The van der Waals surface area contributed by atoms with Gasteiger partial charge >= 0.3 is 0 Å². The predicted molar refractivity (Wildman–Crippen MR) is 113 cm³/mol. The summed E-state index contributed by atoms with van der Waals surface area (Å²) < 4.78 is 27.5. The first-order valence-electron chi connectivity index (χ1n) is 9.88. The largest absolute Gasteiger partial charge is 0.361 e. The molecule has 1 fully saturated rings. The fraction of sp³-hybridized carbons (Fsp3) is 0.318. The van der Waals surface area contributed by atoms with Crippen LogP contribution in [0.5, 0.6) is 0 Å². The second-order valence-electron chi connectivity index (χ2n) is 7.55. The van der Waals surface area contributed by atoms with Gasteiger partial charge in [0.05, 0.1) is 10.9 Å². The number of benzene rings is 2. The number of para-hydroxylation sites is 1. The number of H-pyrrole nitrogens is 1. The number of nitrogens with one attached hydrogen (secondary N) is 2. The molecule has 2 aromatic carbocycles. The topological polar surface area (TPSA) is 82.3 Å². The van der Waals surface area contributed by atoms with Crippen molar-refractivity contribution in [2.24, 2.45) is 0 Å². The lowest BCUT2D eigenvalue weighted by atomic mass is 9.89. The quantitative estimate of drug-likeness (QED) is 0.676. The van der Waals surface area contributed by atoms with Crippen molar-refractivity contribution >= 4 is 26.8 Å². The molecule has 29 heavy (non-hydrogen) atoms. The number of fused-ring (bicyclic) bond motifs is 1. The number of piperidine rings is 1. The van der Waals surface area contributed by atoms with E-state index in [0.29, 0.717) is 19.0 Å². The second-order valence-corrected chi connectivity index (χ2v) is 9.26. The molecule has 1 aliphatic rings. The fourth-order valence-electron chi connectivity index (χ4n) is 4.07. The van der Waals surface area contributed by atoms with E-state index in [2.05, 4.69) is 28.0 Å². The van der Waals surface area contributed by atoms with Crippen LogP contribution in [-0.4, -0.2) is 43.3 Å². The fourth-order valence-corrected chi connectivity index (χ4v) is 5.29. The Morgan fingerprint density at radius 2 is 1.72 bits per heavy atom. The van der Waals surface area contributed by atoms with Crippen LogP contribution in [0.4, 0.5) is 0 Å². The number of hydrogen-bond donors (Lipinski definition) is 2. The van der Waals surface area contributed by atoms with Gasteiger partial charge in [-0.2, -0.15) is 4.72 Å². The van der Waals surface area contributed by atoms with Crippen molar-refractivity contribution in [2.45, 2.75) is 36.6 Å². The Bertz CT molecular complexity index is 1100. The number of rotatable bonds is 5. The molecule has 1 amide bonds. The standard InChI is InChI=1S/C22H25N3O3S/c1-16(24-29(27,28)18-7-3-2-4-8-18)22(26)25-13-11-17(12-14-25)20-15-23-21-10-6-5-9-19(20)21/h2-10,15-17,23-24H,11-14H2,1H3/t16-/m0/s1. The van der Waals surface area contributed by atoms with Crippen LogP contribution in [-0.2, 0) is 14.8 Å². The summed E-state index contributed by atoms with van der Waals surface area (Å²) in [5.74, 6) is 0.216. The number of aromatic nitrogens is 1. The normalized spacial score (nSPS) is 16.8. The zero-order valence-corrected chi connectivity index (χ0v) is 17.2. The molecule has 0 aliphatic carbocycles. The third-order valence-corrected chi connectivity index (χ3v) is 7.18. The molecule has 4 rings (SSSR count). The van der Waals surface area contributed by atoms with E-state index < -0.39 is 16.1 Å². The van der Waals surface area contributed by atoms with E-state index in [0.717, 1.165) is 18.4 Å². The molecular formula is C22H25N3O3S. The number of carbonyl (C=O) groups is 1. The molecule has 1 atom stereocenters. The first-order chi connectivity index (χ1) is 14.0. The smallest absolute Gasteiger partial charge is 0.241 e. The second kappa shape index (κ2) is 8.00. The molecular weight excluding hydrogens is 386 g/mol. The van der Waals surface area contributed by atoms with Crippen LogP contribution in [0.3, 0.4) is 0 Å². The molecule has 0 saturated carbocycles. The van der Waals surface area contributed by atoms with Gasteiger partial charge in [-0.25, -0.2) is 8.42 Å². The van der Waals surface area contributed by atoms with Gasteiger partial charge in [0.1, 0.15) is 0 Å². The molecule has 3 aromatic rings. The molecule has 1 aliphatic heterocycles. The van der Waals surface area contributed by atoms with Crippen molar-refractivity contribution in [2.75, 3.05) is 13.1 Å². The van der Waals surface area contributed by atoms with E-state index in [1.807, 2.05) is 12.1 Å². The lowest BCUT2D eigenvalue weighted by Gasteiger charge is -2.33. The minimum atomic E-state index is -3.72. The van der Waals surface area contributed by atoms with Gasteiger partial charge in [0.2, 0.25) is 15.9 Å². The molecule has 0 radical (unpaired) electrons. The summed E-state index contributed by atoms with van der Waals surface area (Å²) in [4.78, 5) is 18.1. The number of amides is 1. The summed E-state index contributed by atoms with van der Waals surface area (Å²) >= 11 is 0. The van der Waals surface area contributed by atoms with Crippen molar-refractivity contribution in [1.82, 2.24) is 14.6 Å². The molecule has 1 saturated heterocycles. The van der Waals surface area contributed by atoms with Crippen molar-refractivity contribution < 1.29 is 13.2 Å². The molecule has 2 N–H and O–H groups in total. The number of carbonyl (C=O) groups excluding carboxylic acids is 1. The first-order valence-corrected chi connectivity index (χ1v) is 11.4. The maximum atomic E-state index is 12.8. The Kier molecular flexibility index (Phi) is 5.43. The molecule has 0 unspecified atom stereocenters. The van der Waals surface area contributed by atoms with Crippen molar-refractivity contribution in [3.8, 4) is 0 Å². The Morgan fingerprint density at radius 3 is 2.45 bits per heavy atom. The van der Waals surface area contributed by atoms with Gasteiger partial charge in [-0.3, -0.25) is 4.79 Å². The highest BCUT2D eigenvalue weighted by molar-refractivity contribution is 7.89. The van der Waals surface area contributed by atoms with Gasteiger partial charge in [-0.1, -0.05) is 36.4 Å². The molecule has 0 spiro atoms. The van der Waals surface area contributed by atoms with Crippen LogP contribution in [0.2, 0.25) is 0 Å². The number of aromatic amines is 1. The molecule has 1 aromatic heterocycles. The number of hydrogen-bond acceptors (Lipinski definition) is 3. The van der Waals surface area contributed by atoms with Crippen LogP contribution in [0.25, 0.3) is 10.9 Å². The summed E-state index contributed by atoms with van der Waals surface area (Å²) in [5, 5.41) is 1.24. The van der Waals surface area contributed by atoms with E-state index in [4.69, 9.17) is 0 Å². The highest BCUT2D eigenvalue weighted by Crippen LogP contribution is 2.33. The van der Waals surface area contributed by atoms with E-state index in [9.17, 15) is 13.2 Å². The highest BCUT2D eigenvalue weighted by Gasteiger charge is 2.30. The zero-order chi connectivity index (χ0) is 20.4. The van der Waals surface area contributed by atoms with E-state index in [-0.39, 0.29) is 10.8 Å². The number of likely N-dealkylation sites (tertiary alicyclic amines) is 1. The van der Waals surface area contributed by atoms with E-state index in [1.165, 1.54) is 23.1 Å². The minimum Gasteiger partial charge on any atom is -0.361 e. The zero-order valence-electron chi connectivity index (χ0n) is 16.3. The van der Waals surface area contributed by atoms with Crippen molar-refractivity contribution in [1.29, 1.82) is 0 Å². The lowest BCUT2D eigenvalue weighted by Crippen LogP contribution is -2.49. The van der Waals surface area contributed by atoms with Gasteiger partial charge in [0, 0.05) is 30.2 Å². The Morgan fingerprint density at radius 1 is 1.07 bits per heavy atom. The average molecular weight is 412 g/mol. The van der Waals surface area contributed by atoms with Crippen LogP contribution in [0.1, 0.15) is 31.2 Å². The first kappa shape index (κ1) is 19.7. The summed E-state index contributed by atoms with van der Waals surface area (Å²) in [6.45, 7) is 2.86. The monoisotopic (exact) mass is 411 g/mol. The van der Waals surface area contributed by atoms with Crippen molar-refractivity contribution in [3.05, 3.63) is 66.4 Å². The van der Waals surface area contributed by atoms with Crippen LogP contribution in [0, 0.1) is 0 Å².